The van der Waals surface area contributed by atoms with Gasteiger partial charge in [-0.05, 0) is 55.7 Å². The van der Waals surface area contributed by atoms with Gasteiger partial charge < -0.3 is 10.2 Å². The van der Waals surface area contributed by atoms with E-state index in [1.165, 1.54) is 32.4 Å². The van der Waals surface area contributed by atoms with Gasteiger partial charge in [-0.1, -0.05) is 6.42 Å². The molecule has 1 aliphatic heterocycles. The number of H-pyrrole nitrogens is 1. The average molecular weight is 266 g/mol. The van der Waals surface area contributed by atoms with Crippen LogP contribution in [-0.4, -0.2) is 51.1 Å². The van der Waals surface area contributed by atoms with Crippen LogP contribution in [0.5, 0.6) is 0 Å². The molecule has 0 spiro atoms. The molecule has 7 heteroatoms. The molecule has 0 aromatic carbocycles. The number of amides is 1. The number of carbonyl (C=O) groups excluding carboxylic acids is 1. The Morgan fingerprint density at radius 2 is 2.11 bits per heavy atom. The largest absolute Gasteiger partial charge is 0.349 e. The highest BCUT2D eigenvalue weighted by Gasteiger charge is 2.09. The summed E-state index contributed by atoms with van der Waals surface area (Å²) in [6.45, 7) is 3.95. The van der Waals surface area contributed by atoms with E-state index in [4.69, 9.17) is 0 Å². The van der Waals surface area contributed by atoms with E-state index in [1.807, 2.05) is 0 Å². The Morgan fingerprint density at radius 1 is 1.26 bits per heavy atom. The second-order valence-electron chi connectivity index (χ2n) is 4.98. The maximum absolute atomic E-state index is 11.6. The Balaban J connectivity index is 1.49. The second kappa shape index (κ2) is 7.83. The van der Waals surface area contributed by atoms with Crippen molar-refractivity contribution in [1.29, 1.82) is 0 Å². The maximum atomic E-state index is 11.6. The zero-order valence-electron chi connectivity index (χ0n) is 11.3. The van der Waals surface area contributed by atoms with Crippen LogP contribution in [0, 0.1) is 0 Å². The van der Waals surface area contributed by atoms with Crippen molar-refractivity contribution in [2.24, 2.45) is 0 Å². The molecular formula is C12H22N6O. The van der Waals surface area contributed by atoms with Crippen molar-refractivity contribution in [1.82, 2.24) is 30.8 Å². The molecule has 7 nitrogen and oxygen atoms in total. The molecule has 2 rings (SSSR count). The van der Waals surface area contributed by atoms with Crippen LogP contribution in [0.4, 0.5) is 0 Å². The molecule has 1 aromatic heterocycles. The third-order valence-electron chi connectivity index (χ3n) is 3.42. The van der Waals surface area contributed by atoms with Crippen molar-refractivity contribution >= 4 is 5.91 Å². The fraction of sp³-hybridized carbons (Fsp3) is 0.833. The third kappa shape index (κ3) is 5.34. The molecule has 2 N–H and O–H groups in total. The summed E-state index contributed by atoms with van der Waals surface area (Å²) in [4.78, 5) is 14.1. The van der Waals surface area contributed by atoms with Crippen LogP contribution in [0.3, 0.4) is 0 Å². The minimum absolute atomic E-state index is 0.0649. The Morgan fingerprint density at radius 3 is 2.84 bits per heavy atom. The van der Waals surface area contributed by atoms with E-state index in [-0.39, 0.29) is 5.91 Å². The molecule has 1 fully saturated rings. The minimum Gasteiger partial charge on any atom is -0.349 e. The van der Waals surface area contributed by atoms with Gasteiger partial charge in [0.15, 0.2) is 5.82 Å². The van der Waals surface area contributed by atoms with Gasteiger partial charge in [0.25, 0.3) is 0 Å². The molecule has 0 saturated carbocycles. The fourth-order valence-electron chi connectivity index (χ4n) is 2.33. The van der Waals surface area contributed by atoms with E-state index in [1.54, 1.807) is 0 Å². The van der Waals surface area contributed by atoms with Crippen molar-refractivity contribution in [2.45, 2.75) is 45.1 Å². The van der Waals surface area contributed by atoms with Gasteiger partial charge in [-0.2, -0.15) is 0 Å². The topological polar surface area (TPSA) is 86.8 Å². The summed E-state index contributed by atoms with van der Waals surface area (Å²) >= 11 is 0. The average Bonchev–Trinajstić information content (AvgIpc) is 2.96. The lowest BCUT2D eigenvalue weighted by Gasteiger charge is -2.26. The first-order chi connectivity index (χ1) is 9.34. The zero-order chi connectivity index (χ0) is 13.3. The molecule has 1 amide bonds. The predicted octanol–water partition coefficient (Wildman–Crippen LogP) is 0.472. The first-order valence-electron chi connectivity index (χ1n) is 7.06. The molecular weight excluding hydrogens is 244 g/mol. The van der Waals surface area contributed by atoms with Crippen LogP contribution >= 0.6 is 0 Å². The number of likely N-dealkylation sites (tertiary alicyclic amines) is 1. The molecule has 2 heterocycles. The first kappa shape index (κ1) is 13.9. The number of nitrogens with one attached hydrogen (secondary N) is 2. The summed E-state index contributed by atoms with van der Waals surface area (Å²) < 4.78 is 0. The molecule has 0 radical (unpaired) electrons. The molecule has 0 bridgehead atoms. The van der Waals surface area contributed by atoms with Crippen molar-refractivity contribution in [2.75, 3.05) is 19.6 Å². The molecule has 106 valence electrons. The predicted molar refractivity (Wildman–Crippen MR) is 70.2 cm³/mol. The number of hydrogen-bond donors (Lipinski definition) is 2. The van der Waals surface area contributed by atoms with E-state index >= 15 is 0 Å². The number of unbranched alkanes of at least 4 members (excludes halogenated alkanes) is 1. The quantitative estimate of drug-likeness (QED) is 0.701. The Bertz CT molecular complexity index is 360. The standard InChI is InChI=1S/C12H22N6O/c19-12(13-10-11-14-16-17-15-11)6-2-5-9-18-7-3-1-4-8-18/h1-10H2,(H,13,19)(H,14,15,16,17). The van der Waals surface area contributed by atoms with Gasteiger partial charge in [-0.3, -0.25) is 4.79 Å². The SMILES string of the molecule is O=C(CCCCN1CCCCC1)NCc1nnn[nH]1. The fourth-order valence-corrected chi connectivity index (χ4v) is 2.33. The number of carbonyl (C=O) groups is 1. The Kier molecular flexibility index (Phi) is 5.74. The van der Waals surface area contributed by atoms with E-state index in [9.17, 15) is 4.79 Å². The number of rotatable bonds is 7. The molecule has 0 atom stereocenters. The summed E-state index contributed by atoms with van der Waals surface area (Å²) in [7, 11) is 0. The number of nitrogens with zero attached hydrogens (tertiary/aromatic N) is 4. The van der Waals surface area contributed by atoms with Crippen LogP contribution < -0.4 is 5.32 Å². The lowest BCUT2D eigenvalue weighted by molar-refractivity contribution is -0.121. The number of aromatic amines is 1. The van der Waals surface area contributed by atoms with Gasteiger partial charge in [0.2, 0.25) is 5.91 Å². The first-order valence-corrected chi connectivity index (χ1v) is 7.06. The van der Waals surface area contributed by atoms with Crippen molar-refractivity contribution in [3.05, 3.63) is 5.82 Å². The monoisotopic (exact) mass is 266 g/mol. The normalized spacial score (nSPS) is 16.4. The highest BCUT2D eigenvalue weighted by Crippen LogP contribution is 2.09. The van der Waals surface area contributed by atoms with Crippen LogP contribution in [0.2, 0.25) is 0 Å². The van der Waals surface area contributed by atoms with Gasteiger partial charge in [0.1, 0.15) is 0 Å². The van der Waals surface area contributed by atoms with Crippen LogP contribution in [0.1, 0.15) is 44.3 Å². The van der Waals surface area contributed by atoms with Crippen molar-refractivity contribution in [3.63, 3.8) is 0 Å². The van der Waals surface area contributed by atoms with Crippen molar-refractivity contribution in [3.8, 4) is 0 Å². The van der Waals surface area contributed by atoms with Gasteiger partial charge in [-0.25, -0.2) is 5.10 Å². The number of tetrazole rings is 1. The summed E-state index contributed by atoms with van der Waals surface area (Å²) in [6, 6.07) is 0. The van der Waals surface area contributed by atoms with Gasteiger partial charge in [-0.15, -0.1) is 5.10 Å². The lowest BCUT2D eigenvalue weighted by Crippen LogP contribution is -2.30. The highest BCUT2D eigenvalue weighted by atomic mass is 16.1. The summed E-state index contributed by atoms with van der Waals surface area (Å²) in [5.41, 5.74) is 0. The van der Waals surface area contributed by atoms with Crippen LogP contribution in [0.25, 0.3) is 0 Å². The van der Waals surface area contributed by atoms with Gasteiger partial charge in [0, 0.05) is 6.42 Å². The van der Waals surface area contributed by atoms with Gasteiger partial charge >= 0.3 is 0 Å². The molecule has 0 aliphatic carbocycles. The molecule has 1 aromatic rings. The zero-order valence-corrected chi connectivity index (χ0v) is 11.3. The smallest absolute Gasteiger partial charge is 0.220 e. The van der Waals surface area contributed by atoms with Gasteiger partial charge in [0.05, 0.1) is 6.54 Å². The minimum atomic E-state index is 0.0649. The number of piperidine rings is 1. The maximum Gasteiger partial charge on any atom is 0.220 e. The van der Waals surface area contributed by atoms with E-state index < -0.39 is 0 Å². The lowest BCUT2D eigenvalue weighted by atomic mass is 10.1. The molecule has 0 unspecified atom stereocenters. The second-order valence-corrected chi connectivity index (χ2v) is 4.98. The van der Waals surface area contributed by atoms with Crippen LogP contribution in [-0.2, 0) is 11.3 Å². The number of aromatic nitrogens is 4. The van der Waals surface area contributed by atoms with E-state index in [0.717, 1.165) is 19.4 Å². The summed E-state index contributed by atoms with van der Waals surface area (Å²) in [5, 5.41) is 16.0. The summed E-state index contributed by atoms with van der Waals surface area (Å²) in [5.74, 6) is 0.650. The Labute approximate surface area is 113 Å². The van der Waals surface area contributed by atoms with E-state index in [2.05, 4.69) is 30.8 Å². The molecule has 1 saturated heterocycles. The highest BCUT2D eigenvalue weighted by molar-refractivity contribution is 5.75. The van der Waals surface area contributed by atoms with E-state index in [0.29, 0.717) is 18.8 Å². The van der Waals surface area contributed by atoms with Crippen molar-refractivity contribution < 1.29 is 4.79 Å². The number of hydrogen-bond acceptors (Lipinski definition) is 5. The molecule has 1 aliphatic rings. The third-order valence-corrected chi connectivity index (χ3v) is 3.42. The summed E-state index contributed by atoms with van der Waals surface area (Å²) in [6.07, 6.45) is 6.64. The van der Waals surface area contributed by atoms with Crippen LogP contribution in [0.15, 0.2) is 0 Å². The molecule has 19 heavy (non-hydrogen) atoms. The Hall–Kier alpha value is -1.50.